The van der Waals surface area contributed by atoms with Gasteiger partial charge in [0, 0.05) is 32.4 Å². The van der Waals surface area contributed by atoms with E-state index in [4.69, 9.17) is 0 Å². The maximum Gasteiger partial charge on any atom is 0.323 e. The van der Waals surface area contributed by atoms with Gasteiger partial charge in [-0.15, -0.1) is 0 Å². The van der Waals surface area contributed by atoms with Crippen molar-refractivity contribution in [2.75, 3.05) is 18.4 Å². The molecule has 5 nitrogen and oxygen atoms in total. The van der Waals surface area contributed by atoms with Gasteiger partial charge in [0.2, 0.25) is 0 Å². The summed E-state index contributed by atoms with van der Waals surface area (Å²) in [6.45, 7) is 1.84. The number of rotatable bonds is 1. The summed E-state index contributed by atoms with van der Waals surface area (Å²) >= 11 is 0. The number of hydrogen-bond acceptors (Lipinski definition) is 2. The van der Waals surface area contributed by atoms with E-state index in [1.165, 1.54) is 19.3 Å². The van der Waals surface area contributed by atoms with Crippen molar-refractivity contribution in [3.05, 3.63) is 12.3 Å². The molecule has 2 unspecified atom stereocenters. The molecule has 0 aromatic carbocycles. The number of hydrogen-bond donors (Lipinski definition) is 1. The molecule has 17 heavy (non-hydrogen) atoms. The third kappa shape index (κ3) is 2.01. The van der Waals surface area contributed by atoms with Gasteiger partial charge in [0.25, 0.3) is 0 Å². The number of urea groups is 1. The lowest BCUT2D eigenvalue weighted by atomic mass is 10.0. The van der Waals surface area contributed by atoms with Crippen molar-refractivity contribution >= 4 is 11.8 Å². The third-order valence-corrected chi connectivity index (χ3v) is 3.96. The Labute approximate surface area is 101 Å². The van der Waals surface area contributed by atoms with Crippen molar-refractivity contribution in [1.82, 2.24) is 14.7 Å². The summed E-state index contributed by atoms with van der Waals surface area (Å²) in [6, 6.07) is 1.81. The fourth-order valence-electron chi connectivity index (χ4n) is 3.07. The van der Waals surface area contributed by atoms with Gasteiger partial charge in [0.15, 0.2) is 5.82 Å². The van der Waals surface area contributed by atoms with E-state index in [0.717, 1.165) is 24.9 Å². The topological polar surface area (TPSA) is 50.2 Å². The number of nitrogens with zero attached hydrogens (tertiary/aromatic N) is 3. The lowest BCUT2D eigenvalue weighted by molar-refractivity contribution is 0.218. The van der Waals surface area contributed by atoms with Gasteiger partial charge in [0.1, 0.15) is 0 Å². The van der Waals surface area contributed by atoms with Crippen LogP contribution in [0.2, 0.25) is 0 Å². The number of carbonyl (C=O) groups excluding carboxylic acids is 1. The number of aromatic nitrogens is 2. The van der Waals surface area contributed by atoms with Crippen LogP contribution in [0.25, 0.3) is 0 Å². The van der Waals surface area contributed by atoms with Gasteiger partial charge in [-0.25, -0.2) is 4.79 Å². The van der Waals surface area contributed by atoms with Crippen molar-refractivity contribution < 1.29 is 4.79 Å². The first kappa shape index (κ1) is 10.6. The number of anilines is 1. The molecule has 2 heterocycles. The van der Waals surface area contributed by atoms with Crippen molar-refractivity contribution in [2.45, 2.75) is 19.3 Å². The smallest absolute Gasteiger partial charge is 0.323 e. The molecule has 92 valence electrons. The Hall–Kier alpha value is -1.52. The van der Waals surface area contributed by atoms with Crippen LogP contribution in [0.3, 0.4) is 0 Å². The van der Waals surface area contributed by atoms with Crippen molar-refractivity contribution in [3.8, 4) is 0 Å². The van der Waals surface area contributed by atoms with Gasteiger partial charge in [0.05, 0.1) is 0 Å². The second-order valence-corrected chi connectivity index (χ2v) is 5.16. The standard InChI is InChI=1S/C12H18N4O/c1-15-6-5-11(14-15)13-12(17)16-7-9-3-2-4-10(9)8-16/h5-6,9-10H,2-4,7-8H2,1H3,(H,13,14,17). The molecule has 1 aliphatic heterocycles. The van der Waals surface area contributed by atoms with Crippen LogP contribution in [0.15, 0.2) is 12.3 Å². The summed E-state index contributed by atoms with van der Waals surface area (Å²) in [5.41, 5.74) is 0. The average Bonchev–Trinajstić information content (AvgIpc) is 2.92. The normalized spacial score (nSPS) is 27.2. The summed E-state index contributed by atoms with van der Waals surface area (Å²) in [4.78, 5) is 14.0. The van der Waals surface area contributed by atoms with Crippen LogP contribution in [0.1, 0.15) is 19.3 Å². The van der Waals surface area contributed by atoms with Crippen LogP contribution in [0, 0.1) is 11.8 Å². The number of amides is 2. The Morgan fingerprint density at radius 2 is 2.12 bits per heavy atom. The van der Waals surface area contributed by atoms with Gasteiger partial charge >= 0.3 is 6.03 Å². The Kier molecular flexibility index (Phi) is 2.53. The van der Waals surface area contributed by atoms with Crippen molar-refractivity contribution in [3.63, 3.8) is 0 Å². The molecule has 0 radical (unpaired) electrons. The number of aryl methyl sites for hydroxylation is 1. The lowest BCUT2D eigenvalue weighted by Crippen LogP contribution is -2.33. The number of fused-ring (bicyclic) bond motifs is 1. The Bertz CT molecular complexity index is 416. The first-order valence-corrected chi connectivity index (χ1v) is 6.28. The maximum absolute atomic E-state index is 12.0. The average molecular weight is 234 g/mol. The van der Waals surface area contributed by atoms with Crippen molar-refractivity contribution in [1.29, 1.82) is 0 Å². The molecule has 0 bridgehead atoms. The molecule has 2 amide bonds. The summed E-state index contributed by atoms with van der Waals surface area (Å²) in [5.74, 6) is 2.11. The van der Waals surface area contributed by atoms with E-state index in [1.54, 1.807) is 4.68 Å². The first-order chi connectivity index (χ1) is 8.22. The van der Waals surface area contributed by atoms with Gasteiger partial charge in [-0.3, -0.25) is 10.00 Å². The molecule has 1 saturated heterocycles. The predicted molar refractivity (Wildman–Crippen MR) is 64.6 cm³/mol. The Morgan fingerprint density at radius 1 is 1.41 bits per heavy atom. The fourth-order valence-corrected chi connectivity index (χ4v) is 3.07. The van der Waals surface area contributed by atoms with E-state index < -0.39 is 0 Å². The Balaban J connectivity index is 1.60. The number of carbonyl (C=O) groups is 1. The monoisotopic (exact) mass is 234 g/mol. The minimum Gasteiger partial charge on any atom is -0.324 e. The maximum atomic E-state index is 12.0. The van der Waals surface area contributed by atoms with Crippen LogP contribution < -0.4 is 5.32 Å². The van der Waals surface area contributed by atoms with E-state index in [1.807, 2.05) is 24.2 Å². The molecule has 2 aliphatic rings. The molecule has 1 saturated carbocycles. The molecule has 1 aromatic heterocycles. The van der Waals surface area contributed by atoms with E-state index in [0.29, 0.717) is 5.82 Å². The van der Waals surface area contributed by atoms with Crippen LogP contribution in [-0.4, -0.2) is 33.8 Å². The van der Waals surface area contributed by atoms with Gasteiger partial charge in [-0.1, -0.05) is 6.42 Å². The molecule has 5 heteroatoms. The zero-order valence-electron chi connectivity index (χ0n) is 10.1. The second-order valence-electron chi connectivity index (χ2n) is 5.16. The minimum atomic E-state index is -0.00176. The predicted octanol–water partition coefficient (Wildman–Crippen LogP) is 1.68. The first-order valence-electron chi connectivity index (χ1n) is 6.28. The summed E-state index contributed by atoms with van der Waals surface area (Å²) in [7, 11) is 1.84. The van der Waals surface area contributed by atoms with E-state index >= 15 is 0 Å². The molecule has 0 spiro atoms. The van der Waals surface area contributed by atoms with Crippen LogP contribution >= 0.6 is 0 Å². The minimum absolute atomic E-state index is 0.00176. The molecule has 1 aromatic rings. The zero-order valence-corrected chi connectivity index (χ0v) is 10.1. The fraction of sp³-hybridized carbons (Fsp3) is 0.667. The summed E-state index contributed by atoms with van der Waals surface area (Å²) < 4.78 is 1.69. The van der Waals surface area contributed by atoms with Crippen LogP contribution in [0.5, 0.6) is 0 Å². The summed E-state index contributed by atoms with van der Waals surface area (Å²) in [6.07, 6.45) is 5.75. The quantitative estimate of drug-likeness (QED) is 0.803. The van der Waals surface area contributed by atoms with E-state index in [9.17, 15) is 4.79 Å². The molecule has 2 fully saturated rings. The van der Waals surface area contributed by atoms with E-state index in [-0.39, 0.29) is 6.03 Å². The molecule has 1 aliphatic carbocycles. The largest absolute Gasteiger partial charge is 0.324 e. The molecule has 2 atom stereocenters. The highest BCUT2D eigenvalue weighted by Gasteiger charge is 2.38. The van der Waals surface area contributed by atoms with Crippen LogP contribution in [0.4, 0.5) is 10.6 Å². The number of nitrogens with one attached hydrogen (secondary N) is 1. The third-order valence-electron chi connectivity index (χ3n) is 3.96. The molecule has 1 N–H and O–H groups in total. The van der Waals surface area contributed by atoms with Crippen LogP contribution in [-0.2, 0) is 7.05 Å². The van der Waals surface area contributed by atoms with Gasteiger partial charge < -0.3 is 4.90 Å². The SMILES string of the molecule is Cn1ccc(NC(=O)N2CC3CCCC3C2)n1. The van der Waals surface area contributed by atoms with Crippen molar-refractivity contribution in [2.24, 2.45) is 18.9 Å². The zero-order chi connectivity index (χ0) is 11.8. The Morgan fingerprint density at radius 3 is 2.71 bits per heavy atom. The second kappa shape index (κ2) is 4.05. The van der Waals surface area contributed by atoms with Gasteiger partial charge in [-0.05, 0) is 24.7 Å². The number of likely N-dealkylation sites (tertiary alicyclic amines) is 1. The highest BCUT2D eigenvalue weighted by Crippen LogP contribution is 2.37. The van der Waals surface area contributed by atoms with E-state index in [2.05, 4.69) is 10.4 Å². The molecular formula is C12H18N4O. The van der Waals surface area contributed by atoms with Gasteiger partial charge in [-0.2, -0.15) is 5.10 Å². The lowest BCUT2D eigenvalue weighted by Gasteiger charge is -2.16. The highest BCUT2D eigenvalue weighted by atomic mass is 16.2. The molecule has 3 rings (SSSR count). The molecular weight excluding hydrogens is 216 g/mol. The summed E-state index contributed by atoms with van der Waals surface area (Å²) in [5, 5.41) is 7.00. The highest BCUT2D eigenvalue weighted by molar-refractivity contribution is 5.88.